The fourth-order valence-electron chi connectivity index (χ4n) is 3.69. The molecule has 1 aromatic carbocycles. The Hall–Kier alpha value is -2.18. The Labute approximate surface area is 155 Å². The van der Waals surface area contributed by atoms with E-state index < -0.39 is 5.82 Å². The monoisotopic (exact) mass is 374 g/mol. The molecule has 5 nitrogen and oxygen atoms in total. The fourth-order valence-corrected chi connectivity index (χ4v) is 3.84. The second kappa shape index (κ2) is 6.85. The van der Waals surface area contributed by atoms with E-state index in [2.05, 4.69) is 26.8 Å². The van der Waals surface area contributed by atoms with Crippen molar-refractivity contribution in [3.8, 4) is 5.75 Å². The number of hydrogen-bond donors (Lipinski definition) is 1. The van der Waals surface area contributed by atoms with Gasteiger partial charge in [0.2, 0.25) is 0 Å². The van der Waals surface area contributed by atoms with Crippen molar-refractivity contribution in [1.82, 2.24) is 14.5 Å². The number of rotatable bonds is 4. The highest BCUT2D eigenvalue weighted by atomic mass is 35.5. The SMILES string of the molecule is Cc1ncnc2c1ccn2C1CCC(Oc2cc(Cl)c(F)cc2CN)C1. The van der Waals surface area contributed by atoms with E-state index in [4.69, 9.17) is 22.1 Å². The van der Waals surface area contributed by atoms with Gasteiger partial charge in [0.05, 0.1) is 10.7 Å². The van der Waals surface area contributed by atoms with E-state index >= 15 is 0 Å². The molecular weight excluding hydrogens is 355 g/mol. The van der Waals surface area contributed by atoms with Crippen LogP contribution < -0.4 is 10.5 Å². The number of nitrogens with two attached hydrogens (primary N) is 1. The molecule has 3 aromatic rings. The number of benzene rings is 1. The van der Waals surface area contributed by atoms with E-state index in [9.17, 15) is 4.39 Å². The van der Waals surface area contributed by atoms with Crippen LogP contribution in [-0.4, -0.2) is 20.6 Å². The number of halogens is 2. The molecule has 1 fully saturated rings. The summed E-state index contributed by atoms with van der Waals surface area (Å²) in [6.45, 7) is 2.19. The second-order valence-corrected chi connectivity index (χ2v) is 7.11. The summed E-state index contributed by atoms with van der Waals surface area (Å²) < 4.78 is 22.0. The Morgan fingerprint density at radius 2 is 2.19 bits per heavy atom. The highest BCUT2D eigenvalue weighted by molar-refractivity contribution is 6.30. The summed E-state index contributed by atoms with van der Waals surface area (Å²) in [7, 11) is 0. The van der Waals surface area contributed by atoms with E-state index in [-0.39, 0.29) is 17.7 Å². The molecule has 1 aliphatic rings. The van der Waals surface area contributed by atoms with Gasteiger partial charge in [0.1, 0.15) is 29.6 Å². The van der Waals surface area contributed by atoms with Crippen LogP contribution in [0.3, 0.4) is 0 Å². The minimum Gasteiger partial charge on any atom is -0.490 e. The van der Waals surface area contributed by atoms with Crippen molar-refractivity contribution >= 4 is 22.6 Å². The second-order valence-electron chi connectivity index (χ2n) is 6.70. The van der Waals surface area contributed by atoms with E-state index in [0.717, 1.165) is 36.0 Å². The first-order chi connectivity index (χ1) is 12.6. The number of fused-ring (bicyclic) bond motifs is 1. The first kappa shape index (κ1) is 17.2. The normalized spacial score (nSPS) is 20.0. The molecule has 0 bridgehead atoms. The first-order valence-corrected chi connectivity index (χ1v) is 9.07. The lowest BCUT2D eigenvalue weighted by molar-refractivity contribution is 0.202. The van der Waals surface area contributed by atoms with Gasteiger partial charge < -0.3 is 15.0 Å². The lowest BCUT2D eigenvalue weighted by atomic mass is 10.2. The molecule has 2 unspecified atom stereocenters. The molecule has 2 heterocycles. The molecule has 0 radical (unpaired) electrons. The van der Waals surface area contributed by atoms with Crippen molar-refractivity contribution in [2.45, 2.75) is 44.9 Å². The van der Waals surface area contributed by atoms with Crippen LogP contribution in [0.1, 0.15) is 36.6 Å². The molecular formula is C19H20ClFN4O. The smallest absolute Gasteiger partial charge is 0.143 e. The zero-order valence-corrected chi connectivity index (χ0v) is 15.2. The lowest BCUT2D eigenvalue weighted by Crippen LogP contribution is -2.15. The zero-order valence-electron chi connectivity index (χ0n) is 14.5. The van der Waals surface area contributed by atoms with Gasteiger partial charge in [0.15, 0.2) is 0 Å². The number of nitrogens with zero attached hydrogens (tertiary/aromatic N) is 3. The van der Waals surface area contributed by atoms with Gasteiger partial charge in [-0.05, 0) is 31.9 Å². The van der Waals surface area contributed by atoms with Crippen LogP contribution in [-0.2, 0) is 6.54 Å². The molecule has 0 amide bonds. The Balaban J connectivity index is 1.54. The molecule has 2 aromatic heterocycles. The summed E-state index contributed by atoms with van der Waals surface area (Å²) in [5, 5.41) is 1.13. The summed E-state index contributed by atoms with van der Waals surface area (Å²) in [5.74, 6) is 0.0951. The molecule has 7 heteroatoms. The average Bonchev–Trinajstić information content (AvgIpc) is 3.25. The Kier molecular flexibility index (Phi) is 4.54. The van der Waals surface area contributed by atoms with Crippen molar-refractivity contribution < 1.29 is 9.13 Å². The number of hydrogen-bond acceptors (Lipinski definition) is 4. The molecule has 0 spiro atoms. The molecule has 136 valence electrons. The maximum absolute atomic E-state index is 13.6. The van der Waals surface area contributed by atoms with E-state index in [0.29, 0.717) is 17.4 Å². The van der Waals surface area contributed by atoms with E-state index in [1.165, 1.54) is 12.1 Å². The van der Waals surface area contributed by atoms with Gasteiger partial charge >= 0.3 is 0 Å². The zero-order chi connectivity index (χ0) is 18.3. The molecule has 26 heavy (non-hydrogen) atoms. The molecule has 2 N–H and O–H groups in total. The maximum Gasteiger partial charge on any atom is 0.143 e. The van der Waals surface area contributed by atoms with Gasteiger partial charge in [-0.3, -0.25) is 0 Å². The predicted molar refractivity (Wildman–Crippen MR) is 98.9 cm³/mol. The van der Waals surface area contributed by atoms with Crippen LogP contribution >= 0.6 is 11.6 Å². The van der Waals surface area contributed by atoms with Crippen molar-refractivity contribution in [1.29, 1.82) is 0 Å². The fraction of sp³-hybridized carbons (Fsp3) is 0.368. The van der Waals surface area contributed by atoms with Crippen LogP contribution in [0.4, 0.5) is 4.39 Å². The third-order valence-electron chi connectivity index (χ3n) is 5.08. The van der Waals surface area contributed by atoms with E-state index in [1.54, 1.807) is 6.33 Å². The highest BCUT2D eigenvalue weighted by Gasteiger charge is 2.29. The molecule has 1 saturated carbocycles. The predicted octanol–water partition coefficient (Wildman–Crippen LogP) is 4.16. The summed E-state index contributed by atoms with van der Waals surface area (Å²) in [4.78, 5) is 8.69. The Morgan fingerprint density at radius 3 is 3.00 bits per heavy atom. The first-order valence-electron chi connectivity index (χ1n) is 8.69. The van der Waals surface area contributed by atoms with Gasteiger partial charge in [-0.25, -0.2) is 14.4 Å². The lowest BCUT2D eigenvalue weighted by Gasteiger charge is -2.18. The molecule has 0 aliphatic heterocycles. The van der Waals surface area contributed by atoms with Crippen molar-refractivity contribution in [3.05, 3.63) is 52.8 Å². The van der Waals surface area contributed by atoms with Gasteiger partial charge in [-0.15, -0.1) is 0 Å². The number of aryl methyl sites for hydroxylation is 1. The van der Waals surface area contributed by atoms with Crippen LogP contribution in [0.15, 0.2) is 30.7 Å². The summed E-state index contributed by atoms with van der Waals surface area (Å²) in [6, 6.07) is 5.24. The third kappa shape index (κ3) is 3.04. The number of aromatic nitrogens is 3. The topological polar surface area (TPSA) is 66.0 Å². The Morgan fingerprint density at radius 1 is 1.35 bits per heavy atom. The van der Waals surface area contributed by atoms with Gasteiger partial charge in [0.25, 0.3) is 0 Å². The van der Waals surface area contributed by atoms with Crippen LogP contribution in [0.25, 0.3) is 11.0 Å². The van der Waals surface area contributed by atoms with Gasteiger partial charge in [0, 0.05) is 42.2 Å². The molecule has 4 rings (SSSR count). The minimum absolute atomic E-state index is 0.0345. The van der Waals surface area contributed by atoms with E-state index in [1.807, 2.05) is 6.92 Å². The van der Waals surface area contributed by atoms with Crippen LogP contribution in [0.5, 0.6) is 5.75 Å². The Bertz CT molecular complexity index is 958. The van der Waals surface area contributed by atoms with Gasteiger partial charge in [-0.2, -0.15) is 0 Å². The number of ether oxygens (including phenoxy) is 1. The maximum atomic E-state index is 13.6. The third-order valence-corrected chi connectivity index (χ3v) is 5.37. The van der Waals surface area contributed by atoms with Crippen LogP contribution in [0, 0.1) is 12.7 Å². The highest BCUT2D eigenvalue weighted by Crippen LogP contribution is 2.36. The summed E-state index contributed by atoms with van der Waals surface area (Å²) in [5.41, 5.74) is 8.28. The minimum atomic E-state index is -0.474. The standard InChI is InChI=1S/C19H20ClFN4O/c1-11-15-4-5-25(19(15)24-10-23-11)13-2-3-14(7-13)26-18-8-16(20)17(21)6-12(18)9-22/h4-6,8,10,13-14H,2-3,7,9,22H2,1H3. The van der Waals surface area contributed by atoms with Crippen molar-refractivity contribution in [3.63, 3.8) is 0 Å². The summed E-state index contributed by atoms with van der Waals surface area (Å²) in [6.07, 6.45) is 6.46. The quantitative estimate of drug-likeness (QED) is 0.744. The largest absolute Gasteiger partial charge is 0.490 e. The van der Waals surface area contributed by atoms with Crippen molar-refractivity contribution in [2.24, 2.45) is 5.73 Å². The molecule has 2 atom stereocenters. The molecule has 0 saturated heterocycles. The van der Waals surface area contributed by atoms with Crippen LogP contribution in [0.2, 0.25) is 5.02 Å². The van der Waals surface area contributed by atoms with Gasteiger partial charge in [-0.1, -0.05) is 11.6 Å². The molecule has 1 aliphatic carbocycles. The van der Waals surface area contributed by atoms with Crippen molar-refractivity contribution in [2.75, 3.05) is 0 Å². The average molecular weight is 375 g/mol. The summed E-state index contributed by atoms with van der Waals surface area (Å²) >= 11 is 5.90.